The second kappa shape index (κ2) is 7.97. The molecule has 1 aliphatic heterocycles. The van der Waals surface area contributed by atoms with Crippen molar-refractivity contribution in [2.75, 3.05) is 23.3 Å². The van der Waals surface area contributed by atoms with E-state index < -0.39 is 23.3 Å². The van der Waals surface area contributed by atoms with Crippen LogP contribution in [0.5, 0.6) is 0 Å². The van der Waals surface area contributed by atoms with Crippen molar-refractivity contribution >= 4 is 34.6 Å². The maximum atomic E-state index is 12.7. The topological polar surface area (TPSA) is 116 Å². The van der Waals surface area contributed by atoms with Gasteiger partial charge in [0.2, 0.25) is 5.91 Å². The number of hydrogen-bond donors (Lipinski definition) is 2. The number of hydrogen-bond acceptors (Lipinski definition) is 6. The largest absolute Gasteiger partial charge is 0.465 e. The van der Waals surface area contributed by atoms with E-state index in [9.17, 15) is 19.5 Å². The highest BCUT2D eigenvalue weighted by atomic mass is 16.4. The summed E-state index contributed by atoms with van der Waals surface area (Å²) in [5.41, 5.74) is -0.101. The number of aryl methyl sites for hydroxylation is 1. The molecule has 0 saturated carbocycles. The zero-order chi connectivity index (χ0) is 22.2. The first-order valence-corrected chi connectivity index (χ1v) is 10.0. The smallest absolute Gasteiger partial charge is 0.412 e. The summed E-state index contributed by atoms with van der Waals surface area (Å²) in [4.78, 5) is 44.4. The van der Waals surface area contributed by atoms with Crippen molar-refractivity contribution in [2.45, 2.75) is 59.0 Å². The van der Waals surface area contributed by atoms with Crippen molar-refractivity contribution in [3.05, 3.63) is 28.1 Å². The number of fused-ring (bicyclic) bond motifs is 1. The molecular weight excluding hydrogens is 388 g/mol. The van der Waals surface area contributed by atoms with E-state index >= 15 is 0 Å². The summed E-state index contributed by atoms with van der Waals surface area (Å²) in [6, 6.07) is 2.60. The van der Waals surface area contributed by atoms with Crippen LogP contribution >= 0.6 is 0 Å². The minimum absolute atomic E-state index is 0.0365. The van der Waals surface area contributed by atoms with Gasteiger partial charge in [-0.3, -0.25) is 9.69 Å². The standard InChI is InChI=1S/C21H28N4O5/c1-12-15(25(20(28)29)21(3,4)5)9-8-14-16(12)18(27)30-19(23-14)22-13(2)17(26)24-10-6-7-11-24/h8-9,13H,6-7,10-11H2,1-5H3,(H,22,23)(H,28,29)/t13-/m0/s1. The Kier molecular flexibility index (Phi) is 5.74. The minimum atomic E-state index is -1.12. The van der Waals surface area contributed by atoms with Crippen molar-refractivity contribution in [3.8, 4) is 0 Å². The molecule has 1 saturated heterocycles. The number of rotatable bonds is 4. The summed E-state index contributed by atoms with van der Waals surface area (Å²) >= 11 is 0. The van der Waals surface area contributed by atoms with Crippen LogP contribution in [0.3, 0.4) is 0 Å². The lowest BCUT2D eigenvalue weighted by Gasteiger charge is -2.34. The second-order valence-electron chi connectivity index (χ2n) is 8.60. The first-order valence-electron chi connectivity index (χ1n) is 10.0. The van der Waals surface area contributed by atoms with Crippen LogP contribution in [-0.2, 0) is 4.79 Å². The van der Waals surface area contributed by atoms with Crippen LogP contribution in [0.4, 0.5) is 16.5 Å². The van der Waals surface area contributed by atoms with Gasteiger partial charge in [0.05, 0.1) is 16.6 Å². The Morgan fingerprint density at radius 3 is 2.47 bits per heavy atom. The molecule has 0 aliphatic carbocycles. The first kappa shape index (κ1) is 21.6. The number of anilines is 2. The lowest BCUT2D eigenvalue weighted by Crippen LogP contribution is -2.45. The number of likely N-dealkylation sites (tertiary alicyclic amines) is 1. The maximum absolute atomic E-state index is 12.7. The van der Waals surface area contributed by atoms with Gasteiger partial charge in [0.15, 0.2) is 0 Å². The van der Waals surface area contributed by atoms with Crippen LogP contribution in [0.25, 0.3) is 10.9 Å². The van der Waals surface area contributed by atoms with Gasteiger partial charge in [-0.15, -0.1) is 0 Å². The summed E-state index contributed by atoms with van der Waals surface area (Å²) in [6.45, 7) is 10.2. The van der Waals surface area contributed by atoms with Gasteiger partial charge in [0, 0.05) is 18.6 Å². The van der Waals surface area contributed by atoms with Gasteiger partial charge in [-0.1, -0.05) is 0 Å². The van der Waals surface area contributed by atoms with E-state index in [1.54, 1.807) is 51.7 Å². The summed E-state index contributed by atoms with van der Waals surface area (Å²) in [5.74, 6) is -0.0640. The average molecular weight is 416 g/mol. The summed E-state index contributed by atoms with van der Waals surface area (Å²) in [7, 11) is 0. The molecule has 1 atom stereocenters. The summed E-state index contributed by atoms with van der Waals surface area (Å²) in [6.07, 6.45) is 0.867. The fourth-order valence-corrected chi connectivity index (χ4v) is 3.82. The first-order chi connectivity index (χ1) is 14.0. The molecular formula is C21H28N4O5. The molecule has 3 rings (SSSR count). The van der Waals surface area contributed by atoms with E-state index in [1.807, 2.05) is 0 Å². The Bertz CT molecular complexity index is 1030. The van der Waals surface area contributed by atoms with Gasteiger partial charge in [0.1, 0.15) is 6.04 Å². The fraction of sp³-hybridized carbons (Fsp3) is 0.524. The van der Waals surface area contributed by atoms with Gasteiger partial charge in [-0.2, -0.15) is 4.98 Å². The quantitative estimate of drug-likeness (QED) is 0.786. The predicted molar refractivity (Wildman–Crippen MR) is 114 cm³/mol. The van der Waals surface area contributed by atoms with Gasteiger partial charge in [-0.25, -0.2) is 9.59 Å². The molecule has 0 spiro atoms. The Morgan fingerprint density at radius 1 is 1.27 bits per heavy atom. The zero-order valence-electron chi connectivity index (χ0n) is 18.0. The number of amides is 2. The van der Waals surface area contributed by atoms with Crippen molar-refractivity contribution < 1.29 is 19.1 Å². The average Bonchev–Trinajstić information content (AvgIpc) is 3.16. The van der Waals surface area contributed by atoms with Crippen LogP contribution in [0.1, 0.15) is 46.1 Å². The number of aromatic nitrogens is 1. The monoisotopic (exact) mass is 416 g/mol. The van der Waals surface area contributed by atoms with E-state index in [4.69, 9.17) is 4.42 Å². The number of carbonyl (C=O) groups is 2. The molecule has 2 heterocycles. The molecule has 1 aliphatic rings. The molecule has 162 valence electrons. The van der Waals surface area contributed by atoms with E-state index in [2.05, 4.69) is 10.3 Å². The highest BCUT2D eigenvalue weighted by molar-refractivity contribution is 5.95. The predicted octanol–water partition coefficient (Wildman–Crippen LogP) is 3.20. The number of benzene rings is 1. The van der Waals surface area contributed by atoms with E-state index in [1.165, 1.54) is 4.90 Å². The molecule has 2 N–H and O–H groups in total. The van der Waals surface area contributed by atoms with Crippen molar-refractivity contribution in [1.82, 2.24) is 9.88 Å². The number of nitrogens with zero attached hydrogens (tertiary/aromatic N) is 3. The van der Waals surface area contributed by atoms with Crippen LogP contribution in [0.15, 0.2) is 21.3 Å². The van der Waals surface area contributed by atoms with Crippen LogP contribution in [-0.4, -0.2) is 51.7 Å². The summed E-state index contributed by atoms with van der Waals surface area (Å²) in [5, 5.41) is 12.8. The van der Waals surface area contributed by atoms with Gasteiger partial charge in [-0.05, 0) is 65.2 Å². The highest BCUT2D eigenvalue weighted by Crippen LogP contribution is 2.31. The van der Waals surface area contributed by atoms with Gasteiger partial charge in [0.25, 0.3) is 6.01 Å². The van der Waals surface area contributed by atoms with Crippen LogP contribution < -0.4 is 15.8 Å². The van der Waals surface area contributed by atoms with Crippen LogP contribution in [0.2, 0.25) is 0 Å². The Morgan fingerprint density at radius 2 is 1.90 bits per heavy atom. The van der Waals surface area contributed by atoms with E-state index in [0.29, 0.717) is 16.8 Å². The third-order valence-corrected chi connectivity index (χ3v) is 5.26. The SMILES string of the molecule is Cc1c(N(C(=O)O)C(C)(C)C)ccc2nc(N[C@@H](C)C(=O)N3CCCC3)oc(=O)c12. The van der Waals surface area contributed by atoms with Crippen LogP contribution in [0, 0.1) is 6.92 Å². The third kappa shape index (κ3) is 4.10. The molecule has 1 fully saturated rings. The van der Waals surface area contributed by atoms with Crippen molar-refractivity contribution in [3.63, 3.8) is 0 Å². The number of nitrogens with one attached hydrogen (secondary N) is 1. The van der Waals surface area contributed by atoms with Gasteiger partial charge >= 0.3 is 11.7 Å². The Labute approximate surface area is 174 Å². The van der Waals surface area contributed by atoms with E-state index in [-0.39, 0.29) is 17.3 Å². The minimum Gasteiger partial charge on any atom is -0.465 e. The molecule has 2 aromatic rings. The van der Waals surface area contributed by atoms with Crippen molar-refractivity contribution in [1.29, 1.82) is 0 Å². The lowest BCUT2D eigenvalue weighted by molar-refractivity contribution is -0.130. The molecule has 0 bridgehead atoms. The van der Waals surface area contributed by atoms with Crippen molar-refractivity contribution in [2.24, 2.45) is 0 Å². The molecule has 1 aromatic carbocycles. The number of carboxylic acid groups (broad SMARTS) is 1. The maximum Gasteiger partial charge on any atom is 0.412 e. The summed E-state index contributed by atoms with van der Waals surface area (Å²) < 4.78 is 5.32. The third-order valence-electron chi connectivity index (χ3n) is 5.26. The molecule has 9 heteroatoms. The molecule has 0 radical (unpaired) electrons. The van der Waals surface area contributed by atoms with E-state index in [0.717, 1.165) is 25.9 Å². The zero-order valence-corrected chi connectivity index (χ0v) is 18.0. The molecule has 9 nitrogen and oxygen atoms in total. The molecule has 30 heavy (non-hydrogen) atoms. The Hall–Kier alpha value is -3.10. The second-order valence-corrected chi connectivity index (χ2v) is 8.60. The Balaban J connectivity index is 1.96. The number of carbonyl (C=O) groups excluding carboxylic acids is 1. The highest BCUT2D eigenvalue weighted by Gasteiger charge is 2.30. The fourth-order valence-electron chi connectivity index (χ4n) is 3.82. The molecule has 1 aromatic heterocycles. The normalized spacial score (nSPS) is 15.3. The molecule has 2 amide bonds. The lowest BCUT2D eigenvalue weighted by atomic mass is 10.0. The van der Waals surface area contributed by atoms with Gasteiger partial charge < -0.3 is 19.7 Å². The molecule has 0 unspecified atom stereocenters.